The van der Waals surface area contributed by atoms with Crippen molar-refractivity contribution in [1.82, 2.24) is 29.4 Å². The molecule has 0 fully saturated rings. The third kappa shape index (κ3) is 4.44. The van der Waals surface area contributed by atoms with Crippen LogP contribution in [-0.2, 0) is 18.4 Å². The number of nitrogens with one attached hydrogen (secondary N) is 1. The van der Waals surface area contributed by atoms with Crippen LogP contribution in [0.1, 0.15) is 5.82 Å². The number of aromatic nitrogens is 5. The molecule has 4 aromatic rings. The van der Waals surface area contributed by atoms with Gasteiger partial charge < -0.3 is 5.32 Å². The summed E-state index contributed by atoms with van der Waals surface area (Å²) in [6.45, 7) is 0.741. The Labute approximate surface area is 174 Å². The van der Waals surface area contributed by atoms with Gasteiger partial charge in [-0.05, 0) is 19.2 Å². The average molecular weight is 401 g/mol. The maximum Gasteiger partial charge on any atom is 0.239 e. The predicted octanol–water partition coefficient (Wildman–Crippen LogP) is 2.74. The highest BCUT2D eigenvalue weighted by Crippen LogP contribution is 2.24. The average Bonchev–Trinajstić information content (AvgIpc) is 3.35. The van der Waals surface area contributed by atoms with Crippen LogP contribution < -0.4 is 5.32 Å². The molecule has 0 saturated heterocycles. The van der Waals surface area contributed by atoms with E-state index in [1.165, 1.54) is 6.33 Å². The van der Waals surface area contributed by atoms with Gasteiger partial charge in [0, 0.05) is 18.7 Å². The number of rotatable bonds is 7. The molecule has 0 unspecified atom stereocenters. The lowest BCUT2D eigenvalue weighted by molar-refractivity contribution is -0.117. The minimum absolute atomic E-state index is 0.128. The molecule has 0 bridgehead atoms. The molecule has 0 radical (unpaired) electrons. The van der Waals surface area contributed by atoms with Crippen LogP contribution in [0, 0.1) is 0 Å². The van der Waals surface area contributed by atoms with Crippen LogP contribution in [0.15, 0.2) is 73.1 Å². The summed E-state index contributed by atoms with van der Waals surface area (Å²) >= 11 is 0. The second-order valence-electron chi connectivity index (χ2n) is 7.05. The van der Waals surface area contributed by atoms with Crippen molar-refractivity contribution in [3.05, 3.63) is 78.9 Å². The Kier molecular flexibility index (Phi) is 5.67. The number of nitrogens with zero attached hydrogens (tertiary/aromatic N) is 6. The maximum atomic E-state index is 12.7. The normalized spacial score (nSPS) is 11.0. The molecule has 2 aromatic heterocycles. The quantitative estimate of drug-likeness (QED) is 0.515. The summed E-state index contributed by atoms with van der Waals surface area (Å²) in [7, 11) is 3.71. The van der Waals surface area contributed by atoms with Crippen LogP contribution in [0.4, 0.5) is 5.82 Å². The molecule has 2 aromatic carbocycles. The molecular formula is C22H23N7O. The number of likely N-dealkylation sites (N-methyl/N-ethyl adjacent to an activating group) is 1. The van der Waals surface area contributed by atoms with Gasteiger partial charge in [0.1, 0.15) is 18.0 Å². The van der Waals surface area contributed by atoms with Crippen molar-refractivity contribution in [2.75, 3.05) is 18.9 Å². The number of hydrogen-bond acceptors (Lipinski definition) is 5. The predicted molar refractivity (Wildman–Crippen MR) is 115 cm³/mol. The van der Waals surface area contributed by atoms with E-state index < -0.39 is 0 Å². The second-order valence-corrected chi connectivity index (χ2v) is 7.05. The molecule has 0 aliphatic heterocycles. The van der Waals surface area contributed by atoms with Crippen LogP contribution in [0.3, 0.4) is 0 Å². The van der Waals surface area contributed by atoms with E-state index in [9.17, 15) is 4.79 Å². The first-order valence-electron chi connectivity index (χ1n) is 9.62. The van der Waals surface area contributed by atoms with Crippen molar-refractivity contribution in [3.63, 3.8) is 0 Å². The van der Waals surface area contributed by atoms with Crippen molar-refractivity contribution in [3.8, 4) is 16.9 Å². The first-order chi connectivity index (χ1) is 14.6. The molecule has 1 N–H and O–H groups in total. The molecule has 0 aliphatic carbocycles. The molecule has 0 aliphatic rings. The van der Waals surface area contributed by atoms with Gasteiger partial charge in [0.05, 0.1) is 24.5 Å². The topological polar surface area (TPSA) is 80.9 Å². The lowest BCUT2D eigenvalue weighted by Crippen LogP contribution is -2.31. The fourth-order valence-electron chi connectivity index (χ4n) is 3.17. The number of benzene rings is 2. The summed E-state index contributed by atoms with van der Waals surface area (Å²) in [6.07, 6.45) is 1.51. The first-order valence-corrected chi connectivity index (χ1v) is 9.62. The van der Waals surface area contributed by atoms with Crippen LogP contribution in [0.2, 0.25) is 0 Å². The molecule has 152 valence electrons. The molecule has 0 atom stereocenters. The van der Waals surface area contributed by atoms with Gasteiger partial charge in [-0.3, -0.25) is 14.4 Å². The molecule has 4 rings (SSSR count). The van der Waals surface area contributed by atoms with Gasteiger partial charge in [0.2, 0.25) is 5.91 Å². The van der Waals surface area contributed by atoms with E-state index in [-0.39, 0.29) is 12.5 Å². The zero-order valence-electron chi connectivity index (χ0n) is 16.9. The summed E-state index contributed by atoms with van der Waals surface area (Å²) in [4.78, 5) is 18.8. The van der Waals surface area contributed by atoms with Gasteiger partial charge >= 0.3 is 0 Å². The minimum Gasteiger partial charge on any atom is -0.309 e. The van der Waals surface area contributed by atoms with Gasteiger partial charge in [-0.1, -0.05) is 48.5 Å². The SMILES string of the molecule is CN(CC(=O)Nc1cc(-c2ccccc2)nn1-c1ccccc1)Cc1ncnn1C. The van der Waals surface area contributed by atoms with E-state index in [4.69, 9.17) is 5.10 Å². The smallest absolute Gasteiger partial charge is 0.239 e. The highest BCUT2D eigenvalue weighted by atomic mass is 16.2. The van der Waals surface area contributed by atoms with Crippen molar-refractivity contribution < 1.29 is 4.79 Å². The number of aryl methyl sites for hydroxylation is 1. The van der Waals surface area contributed by atoms with Gasteiger partial charge in [-0.25, -0.2) is 9.67 Å². The Morgan fingerprint density at radius 3 is 2.43 bits per heavy atom. The van der Waals surface area contributed by atoms with E-state index in [0.29, 0.717) is 12.4 Å². The fourth-order valence-corrected chi connectivity index (χ4v) is 3.17. The zero-order valence-corrected chi connectivity index (χ0v) is 16.9. The van der Waals surface area contributed by atoms with Crippen LogP contribution in [0.25, 0.3) is 16.9 Å². The van der Waals surface area contributed by atoms with E-state index in [1.54, 1.807) is 9.36 Å². The number of anilines is 1. The van der Waals surface area contributed by atoms with E-state index in [0.717, 1.165) is 22.8 Å². The van der Waals surface area contributed by atoms with E-state index in [1.807, 2.05) is 85.7 Å². The molecule has 2 heterocycles. The zero-order chi connectivity index (χ0) is 20.9. The van der Waals surface area contributed by atoms with Gasteiger partial charge in [-0.15, -0.1) is 0 Å². The second kappa shape index (κ2) is 8.71. The Morgan fingerprint density at radius 2 is 1.77 bits per heavy atom. The lowest BCUT2D eigenvalue weighted by Gasteiger charge is -2.16. The third-order valence-electron chi connectivity index (χ3n) is 4.68. The first kappa shape index (κ1) is 19.5. The fraction of sp³-hybridized carbons (Fsp3) is 0.182. The Morgan fingerprint density at radius 1 is 1.07 bits per heavy atom. The Hall–Kier alpha value is -3.78. The molecule has 0 spiro atoms. The van der Waals surface area contributed by atoms with Crippen LogP contribution in [0.5, 0.6) is 0 Å². The largest absolute Gasteiger partial charge is 0.309 e. The standard InChI is InChI=1S/C22H23N7O/c1-27(14-21-23-16-24-28(21)2)15-22(30)25-20-13-19(17-9-5-3-6-10-17)26-29(20)18-11-7-4-8-12-18/h3-13,16H,14-15H2,1-2H3,(H,25,30). The molecule has 30 heavy (non-hydrogen) atoms. The molecule has 8 nitrogen and oxygen atoms in total. The highest BCUT2D eigenvalue weighted by Gasteiger charge is 2.15. The summed E-state index contributed by atoms with van der Waals surface area (Å²) in [6, 6.07) is 21.5. The van der Waals surface area contributed by atoms with Crippen molar-refractivity contribution in [1.29, 1.82) is 0 Å². The monoisotopic (exact) mass is 401 g/mol. The number of hydrogen-bond donors (Lipinski definition) is 1. The summed E-state index contributed by atoms with van der Waals surface area (Å²) in [5.41, 5.74) is 2.66. The van der Waals surface area contributed by atoms with Crippen molar-refractivity contribution in [2.45, 2.75) is 6.54 Å². The summed E-state index contributed by atoms with van der Waals surface area (Å²) < 4.78 is 3.45. The summed E-state index contributed by atoms with van der Waals surface area (Å²) in [5, 5.41) is 11.8. The van der Waals surface area contributed by atoms with Crippen molar-refractivity contribution >= 4 is 11.7 Å². The molecule has 0 saturated carbocycles. The lowest BCUT2D eigenvalue weighted by atomic mass is 10.2. The van der Waals surface area contributed by atoms with Gasteiger partial charge in [-0.2, -0.15) is 10.2 Å². The number of para-hydroxylation sites is 1. The van der Waals surface area contributed by atoms with E-state index >= 15 is 0 Å². The molecule has 8 heteroatoms. The van der Waals surface area contributed by atoms with Gasteiger partial charge in [0.15, 0.2) is 0 Å². The maximum absolute atomic E-state index is 12.7. The number of amides is 1. The van der Waals surface area contributed by atoms with Gasteiger partial charge in [0.25, 0.3) is 0 Å². The summed E-state index contributed by atoms with van der Waals surface area (Å²) in [5.74, 6) is 1.29. The Bertz CT molecular complexity index is 1120. The Balaban J connectivity index is 1.54. The molecular weight excluding hydrogens is 378 g/mol. The van der Waals surface area contributed by atoms with Crippen LogP contribution >= 0.6 is 0 Å². The van der Waals surface area contributed by atoms with Crippen LogP contribution in [-0.4, -0.2) is 48.9 Å². The molecule has 1 amide bonds. The van der Waals surface area contributed by atoms with Crippen molar-refractivity contribution in [2.24, 2.45) is 7.05 Å². The highest BCUT2D eigenvalue weighted by molar-refractivity contribution is 5.92. The minimum atomic E-state index is -0.128. The third-order valence-corrected chi connectivity index (χ3v) is 4.68. The number of carbonyl (C=O) groups is 1. The number of carbonyl (C=O) groups excluding carboxylic acids is 1. The van der Waals surface area contributed by atoms with E-state index in [2.05, 4.69) is 15.4 Å².